The highest BCUT2D eigenvalue weighted by Crippen LogP contribution is 2.36. The Labute approximate surface area is 124 Å². The number of rotatable bonds is 6. The highest BCUT2D eigenvalue weighted by molar-refractivity contribution is 7.91. The van der Waals surface area contributed by atoms with Gasteiger partial charge < -0.3 is 10.1 Å². The molecule has 1 aromatic rings. The molecule has 1 aromatic heterocycles. The third-order valence-electron chi connectivity index (χ3n) is 3.60. The predicted octanol–water partition coefficient (Wildman–Crippen LogP) is 1.52. The summed E-state index contributed by atoms with van der Waals surface area (Å²) in [5.41, 5.74) is 0.497. The third-order valence-corrected chi connectivity index (χ3v) is 6.42. The van der Waals surface area contributed by atoms with Crippen molar-refractivity contribution >= 4 is 21.2 Å². The minimum absolute atomic E-state index is 0.134. The Morgan fingerprint density at radius 1 is 1.55 bits per heavy atom. The maximum absolute atomic E-state index is 11.9. The van der Waals surface area contributed by atoms with Crippen LogP contribution < -0.4 is 5.32 Å². The zero-order valence-corrected chi connectivity index (χ0v) is 13.8. The quantitative estimate of drug-likeness (QED) is 0.805. The fourth-order valence-corrected chi connectivity index (χ4v) is 5.61. The molecule has 1 fully saturated rings. The Hall–Kier alpha value is -0.500. The van der Waals surface area contributed by atoms with Crippen LogP contribution in [0.3, 0.4) is 0 Å². The van der Waals surface area contributed by atoms with Crippen LogP contribution >= 0.6 is 11.3 Å². The van der Waals surface area contributed by atoms with Crippen LogP contribution in [0.1, 0.15) is 36.9 Å². The highest BCUT2D eigenvalue weighted by Gasteiger charge is 2.45. The van der Waals surface area contributed by atoms with Crippen LogP contribution in [0.15, 0.2) is 5.38 Å². The van der Waals surface area contributed by atoms with Crippen LogP contribution in [0, 0.1) is 0 Å². The zero-order valence-electron chi connectivity index (χ0n) is 12.2. The molecule has 1 aliphatic rings. The van der Waals surface area contributed by atoms with E-state index in [0.29, 0.717) is 25.5 Å². The summed E-state index contributed by atoms with van der Waals surface area (Å²) < 4.78 is 28.8. The first-order valence-electron chi connectivity index (χ1n) is 6.79. The number of nitrogens with one attached hydrogen (secondary N) is 1. The Bertz CT molecular complexity index is 554. The molecule has 0 aromatic carbocycles. The average molecular weight is 318 g/mol. The minimum atomic E-state index is -2.99. The molecular weight excluding hydrogens is 296 g/mol. The molecule has 2 heterocycles. The lowest BCUT2D eigenvalue weighted by molar-refractivity contribution is 0.187. The fourth-order valence-electron chi connectivity index (χ4n) is 2.40. The summed E-state index contributed by atoms with van der Waals surface area (Å²) in [6.07, 6.45) is 0.587. The van der Waals surface area contributed by atoms with E-state index >= 15 is 0 Å². The standard InChI is InChI=1S/C13H22N2O3S2/c1-10(2)11-8-19-12(15-11)13(14-5-6-18-3)4-7-20(16,17)9-13/h8,10,14H,4-7,9H2,1-3H3. The van der Waals surface area contributed by atoms with Crippen LogP contribution in [0.5, 0.6) is 0 Å². The van der Waals surface area contributed by atoms with Gasteiger partial charge in [-0.05, 0) is 12.3 Å². The van der Waals surface area contributed by atoms with Crippen molar-refractivity contribution in [2.45, 2.75) is 31.7 Å². The Balaban J connectivity index is 2.26. The van der Waals surface area contributed by atoms with Gasteiger partial charge in [-0.2, -0.15) is 0 Å². The number of hydrogen-bond acceptors (Lipinski definition) is 6. The average Bonchev–Trinajstić information content (AvgIpc) is 2.95. The summed E-state index contributed by atoms with van der Waals surface area (Å²) in [5.74, 6) is 0.715. The predicted molar refractivity (Wildman–Crippen MR) is 81.0 cm³/mol. The molecule has 2 rings (SSSR count). The van der Waals surface area contributed by atoms with E-state index in [9.17, 15) is 8.42 Å². The van der Waals surface area contributed by atoms with E-state index in [1.54, 1.807) is 18.4 Å². The fraction of sp³-hybridized carbons (Fsp3) is 0.769. The largest absolute Gasteiger partial charge is 0.383 e. The van der Waals surface area contributed by atoms with Gasteiger partial charge in [0.05, 0.1) is 29.3 Å². The summed E-state index contributed by atoms with van der Waals surface area (Å²) in [6, 6.07) is 0. The molecule has 0 amide bonds. The normalized spacial score (nSPS) is 25.4. The van der Waals surface area contributed by atoms with Gasteiger partial charge in [0.15, 0.2) is 9.84 Å². The molecule has 20 heavy (non-hydrogen) atoms. The summed E-state index contributed by atoms with van der Waals surface area (Å²) in [7, 11) is -1.35. The number of hydrogen-bond donors (Lipinski definition) is 1. The Morgan fingerprint density at radius 2 is 2.30 bits per heavy atom. The minimum Gasteiger partial charge on any atom is -0.383 e. The molecule has 1 N–H and O–H groups in total. The molecular formula is C13H22N2O3S2. The summed E-state index contributed by atoms with van der Waals surface area (Å²) >= 11 is 1.55. The molecule has 1 unspecified atom stereocenters. The van der Waals surface area contributed by atoms with Gasteiger partial charge in [-0.1, -0.05) is 13.8 Å². The second-order valence-electron chi connectivity index (χ2n) is 5.58. The zero-order chi connectivity index (χ0) is 14.8. The highest BCUT2D eigenvalue weighted by atomic mass is 32.2. The van der Waals surface area contributed by atoms with Gasteiger partial charge in [0.1, 0.15) is 5.01 Å². The Morgan fingerprint density at radius 3 is 2.80 bits per heavy atom. The van der Waals surface area contributed by atoms with E-state index in [1.807, 2.05) is 5.38 Å². The lowest BCUT2D eigenvalue weighted by Gasteiger charge is -2.27. The summed E-state index contributed by atoms with van der Waals surface area (Å²) in [4.78, 5) is 4.66. The van der Waals surface area contributed by atoms with Crippen molar-refractivity contribution in [1.82, 2.24) is 10.3 Å². The van der Waals surface area contributed by atoms with E-state index in [-0.39, 0.29) is 11.5 Å². The van der Waals surface area contributed by atoms with Crippen LogP contribution in [0.25, 0.3) is 0 Å². The maximum Gasteiger partial charge on any atom is 0.152 e. The van der Waals surface area contributed by atoms with Crippen LogP contribution in [-0.4, -0.2) is 45.2 Å². The molecule has 114 valence electrons. The molecule has 1 aliphatic heterocycles. The van der Waals surface area contributed by atoms with Crippen LogP contribution in [0.2, 0.25) is 0 Å². The van der Waals surface area contributed by atoms with E-state index in [4.69, 9.17) is 4.74 Å². The summed E-state index contributed by atoms with van der Waals surface area (Å²) in [5, 5.41) is 6.28. The van der Waals surface area contributed by atoms with Crippen molar-refractivity contribution in [1.29, 1.82) is 0 Å². The Kier molecular flexibility index (Phi) is 4.84. The van der Waals surface area contributed by atoms with Crippen molar-refractivity contribution in [2.24, 2.45) is 0 Å². The van der Waals surface area contributed by atoms with Crippen molar-refractivity contribution in [3.63, 3.8) is 0 Å². The molecule has 0 bridgehead atoms. The number of thiazole rings is 1. The van der Waals surface area contributed by atoms with Gasteiger partial charge in [-0.25, -0.2) is 13.4 Å². The molecule has 0 saturated carbocycles. The second kappa shape index (κ2) is 6.09. The van der Waals surface area contributed by atoms with Gasteiger partial charge in [0, 0.05) is 19.0 Å². The van der Waals surface area contributed by atoms with Gasteiger partial charge in [-0.3, -0.25) is 0 Å². The lowest BCUT2D eigenvalue weighted by Crippen LogP contribution is -2.45. The first-order chi connectivity index (χ1) is 9.38. The molecule has 0 radical (unpaired) electrons. The van der Waals surface area contributed by atoms with E-state index in [1.165, 1.54) is 0 Å². The molecule has 0 aliphatic carbocycles. The third kappa shape index (κ3) is 3.39. The maximum atomic E-state index is 11.9. The number of ether oxygens (including phenoxy) is 1. The lowest BCUT2D eigenvalue weighted by atomic mass is 10.00. The molecule has 0 spiro atoms. The SMILES string of the molecule is COCCNC1(c2nc(C(C)C)cs2)CCS(=O)(=O)C1. The number of methoxy groups -OCH3 is 1. The number of nitrogens with zero attached hydrogens (tertiary/aromatic N) is 1. The second-order valence-corrected chi connectivity index (χ2v) is 8.62. The molecule has 1 saturated heterocycles. The molecule has 5 nitrogen and oxygen atoms in total. The monoisotopic (exact) mass is 318 g/mol. The van der Waals surface area contributed by atoms with E-state index < -0.39 is 15.4 Å². The van der Waals surface area contributed by atoms with Crippen LogP contribution in [-0.2, 0) is 20.1 Å². The molecule has 7 heteroatoms. The van der Waals surface area contributed by atoms with E-state index in [2.05, 4.69) is 24.1 Å². The number of aromatic nitrogens is 1. The van der Waals surface area contributed by atoms with Gasteiger partial charge in [0.25, 0.3) is 0 Å². The summed E-state index contributed by atoms with van der Waals surface area (Å²) in [6.45, 7) is 5.37. The van der Waals surface area contributed by atoms with Gasteiger partial charge >= 0.3 is 0 Å². The topological polar surface area (TPSA) is 68.3 Å². The first kappa shape index (κ1) is 15.9. The van der Waals surface area contributed by atoms with Crippen molar-refractivity contribution in [3.8, 4) is 0 Å². The van der Waals surface area contributed by atoms with Crippen molar-refractivity contribution in [2.75, 3.05) is 31.8 Å². The molecule has 1 atom stereocenters. The number of sulfone groups is 1. The van der Waals surface area contributed by atoms with Gasteiger partial charge in [0.2, 0.25) is 0 Å². The smallest absolute Gasteiger partial charge is 0.152 e. The van der Waals surface area contributed by atoms with Crippen LogP contribution in [0.4, 0.5) is 0 Å². The van der Waals surface area contributed by atoms with Gasteiger partial charge in [-0.15, -0.1) is 11.3 Å². The first-order valence-corrected chi connectivity index (χ1v) is 9.49. The van der Waals surface area contributed by atoms with Crippen molar-refractivity contribution < 1.29 is 13.2 Å². The van der Waals surface area contributed by atoms with Crippen molar-refractivity contribution in [3.05, 3.63) is 16.1 Å². The van der Waals surface area contributed by atoms with E-state index in [0.717, 1.165) is 10.7 Å².